The topological polar surface area (TPSA) is 55.1 Å². The van der Waals surface area contributed by atoms with Crippen LogP contribution in [-0.2, 0) is 13.5 Å². The second kappa shape index (κ2) is 5.49. The molecule has 0 aliphatic carbocycles. The maximum Gasteiger partial charge on any atom is 0.356 e. The van der Waals surface area contributed by atoms with Gasteiger partial charge < -0.3 is 5.11 Å². The van der Waals surface area contributed by atoms with Crippen molar-refractivity contribution in [1.82, 2.24) is 9.78 Å². The van der Waals surface area contributed by atoms with E-state index in [0.717, 1.165) is 17.7 Å². The molecule has 2 rings (SSSR count). The van der Waals surface area contributed by atoms with E-state index in [0.29, 0.717) is 5.92 Å². The predicted molar refractivity (Wildman–Crippen MR) is 79.1 cm³/mol. The first-order valence-electron chi connectivity index (χ1n) is 6.84. The Morgan fingerprint density at radius 3 is 2.55 bits per heavy atom. The van der Waals surface area contributed by atoms with Gasteiger partial charge in [0, 0.05) is 12.6 Å². The molecule has 0 saturated heterocycles. The Morgan fingerprint density at radius 1 is 1.35 bits per heavy atom. The zero-order valence-corrected chi connectivity index (χ0v) is 12.3. The lowest BCUT2D eigenvalue weighted by Gasteiger charge is -2.13. The lowest BCUT2D eigenvalue weighted by molar-refractivity contribution is 0.0689. The summed E-state index contributed by atoms with van der Waals surface area (Å²) in [5.41, 5.74) is 4.45. The summed E-state index contributed by atoms with van der Waals surface area (Å²) in [4.78, 5) is 11.1. The quantitative estimate of drug-likeness (QED) is 0.927. The second-order valence-corrected chi connectivity index (χ2v) is 5.27. The fourth-order valence-electron chi connectivity index (χ4n) is 2.32. The molecule has 20 heavy (non-hydrogen) atoms. The van der Waals surface area contributed by atoms with Crippen molar-refractivity contribution < 1.29 is 9.90 Å². The standard InChI is InChI=1S/C16H20N2O2/c1-5-11-6-7-12(10(2)3)8-13(11)15-9-14(16(19)20)17-18(15)4/h6-10H,5H2,1-4H3,(H,19,20). The van der Waals surface area contributed by atoms with Gasteiger partial charge in [0.05, 0.1) is 5.69 Å². The molecule has 1 aromatic carbocycles. The average molecular weight is 272 g/mol. The summed E-state index contributed by atoms with van der Waals surface area (Å²) in [6.07, 6.45) is 0.904. The van der Waals surface area contributed by atoms with Crippen LogP contribution in [0.15, 0.2) is 24.3 Å². The van der Waals surface area contributed by atoms with Crippen molar-refractivity contribution in [2.75, 3.05) is 0 Å². The average Bonchev–Trinajstić information content (AvgIpc) is 2.80. The first-order chi connectivity index (χ1) is 9.43. The van der Waals surface area contributed by atoms with E-state index in [4.69, 9.17) is 5.11 Å². The van der Waals surface area contributed by atoms with Crippen LogP contribution in [-0.4, -0.2) is 20.9 Å². The summed E-state index contributed by atoms with van der Waals surface area (Å²) in [5, 5.41) is 13.1. The van der Waals surface area contributed by atoms with E-state index in [9.17, 15) is 4.79 Å². The highest BCUT2D eigenvalue weighted by Crippen LogP contribution is 2.28. The third kappa shape index (κ3) is 2.59. The van der Waals surface area contributed by atoms with Crippen molar-refractivity contribution in [1.29, 1.82) is 0 Å². The zero-order chi connectivity index (χ0) is 14.9. The number of benzene rings is 1. The SMILES string of the molecule is CCc1ccc(C(C)C)cc1-c1cc(C(=O)O)nn1C. The number of aromatic carboxylic acids is 1. The van der Waals surface area contributed by atoms with Crippen LogP contribution in [0, 0.1) is 0 Å². The molecule has 0 amide bonds. The molecule has 4 heteroatoms. The summed E-state index contributed by atoms with van der Waals surface area (Å²) < 4.78 is 1.64. The Balaban J connectivity index is 2.60. The smallest absolute Gasteiger partial charge is 0.356 e. The van der Waals surface area contributed by atoms with Gasteiger partial charge in [0.1, 0.15) is 0 Å². The van der Waals surface area contributed by atoms with Crippen LogP contribution in [0.5, 0.6) is 0 Å². The van der Waals surface area contributed by atoms with Gasteiger partial charge in [0.2, 0.25) is 0 Å². The van der Waals surface area contributed by atoms with E-state index in [-0.39, 0.29) is 5.69 Å². The maximum absolute atomic E-state index is 11.1. The van der Waals surface area contributed by atoms with Crippen LogP contribution in [0.3, 0.4) is 0 Å². The third-order valence-electron chi connectivity index (χ3n) is 3.56. The van der Waals surface area contributed by atoms with Gasteiger partial charge >= 0.3 is 5.97 Å². The van der Waals surface area contributed by atoms with E-state index in [2.05, 4.69) is 44.1 Å². The van der Waals surface area contributed by atoms with Crippen LogP contribution in [0.1, 0.15) is 48.3 Å². The van der Waals surface area contributed by atoms with Crippen LogP contribution in [0.4, 0.5) is 0 Å². The van der Waals surface area contributed by atoms with E-state index in [1.54, 1.807) is 17.8 Å². The number of rotatable bonds is 4. The Hall–Kier alpha value is -2.10. The third-order valence-corrected chi connectivity index (χ3v) is 3.56. The van der Waals surface area contributed by atoms with Gasteiger partial charge in [-0.3, -0.25) is 4.68 Å². The Morgan fingerprint density at radius 2 is 2.05 bits per heavy atom. The minimum atomic E-state index is -0.995. The van der Waals surface area contributed by atoms with Gasteiger partial charge in [-0.1, -0.05) is 32.9 Å². The minimum Gasteiger partial charge on any atom is -0.476 e. The van der Waals surface area contributed by atoms with E-state index in [1.165, 1.54) is 11.1 Å². The Kier molecular flexibility index (Phi) is 3.93. The molecule has 0 atom stereocenters. The summed E-state index contributed by atoms with van der Waals surface area (Å²) in [5.74, 6) is -0.559. The van der Waals surface area contributed by atoms with Crippen molar-refractivity contribution in [3.63, 3.8) is 0 Å². The molecule has 0 spiro atoms. The molecule has 1 heterocycles. The molecule has 4 nitrogen and oxygen atoms in total. The molecule has 0 fully saturated rings. The lowest BCUT2D eigenvalue weighted by Crippen LogP contribution is -2.00. The van der Waals surface area contributed by atoms with Crippen LogP contribution >= 0.6 is 0 Å². The minimum absolute atomic E-state index is 0.0829. The van der Waals surface area contributed by atoms with Crippen LogP contribution in [0.2, 0.25) is 0 Å². The summed E-state index contributed by atoms with van der Waals surface area (Å²) in [6, 6.07) is 8.05. The number of hydrogen-bond acceptors (Lipinski definition) is 2. The van der Waals surface area contributed by atoms with E-state index >= 15 is 0 Å². The molecule has 0 aliphatic rings. The number of aryl methyl sites for hydroxylation is 2. The number of carbonyl (C=O) groups is 1. The zero-order valence-electron chi connectivity index (χ0n) is 12.3. The van der Waals surface area contributed by atoms with Crippen LogP contribution in [0.25, 0.3) is 11.3 Å². The Bertz CT molecular complexity index is 642. The molecule has 1 aromatic heterocycles. The molecule has 0 aliphatic heterocycles. The second-order valence-electron chi connectivity index (χ2n) is 5.27. The normalized spacial score (nSPS) is 11.1. The van der Waals surface area contributed by atoms with Gasteiger partial charge in [-0.05, 0) is 35.6 Å². The molecule has 2 aromatic rings. The monoisotopic (exact) mass is 272 g/mol. The fraction of sp³-hybridized carbons (Fsp3) is 0.375. The van der Waals surface area contributed by atoms with Crippen molar-refractivity contribution >= 4 is 5.97 Å². The fourth-order valence-corrected chi connectivity index (χ4v) is 2.32. The molecule has 0 radical (unpaired) electrons. The molecular formula is C16H20N2O2. The highest BCUT2D eigenvalue weighted by atomic mass is 16.4. The van der Waals surface area contributed by atoms with Crippen molar-refractivity contribution in [3.8, 4) is 11.3 Å². The molecule has 0 unspecified atom stereocenters. The van der Waals surface area contributed by atoms with Crippen molar-refractivity contribution in [2.45, 2.75) is 33.1 Å². The molecular weight excluding hydrogens is 252 g/mol. The number of carboxylic acid groups (broad SMARTS) is 1. The molecule has 0 bridgehead atoms. The maximum atomic E-state index is 11.1. The lowest BCUT2D eigenvalue weighted by atomic mass is 9.94. The Labute approximate surface area is 119 Å². The molecule has 106 valence electrons. The summed E-state index contributed by atoms with van der Waals surface area (Å²) in [6.45, 7) is 6.40. The summed E-state index contributed by atoms with van der Waals surface area (Å²) in [7, 11) is 1.78. The first-order valence-corrected chi connectivity index (χ1v) is 6.84. The molecule has 1 N–H and O–H groups in total. The number of aromatic nitrogens is 2. The number of hydrogen-bond donors (Lipinski definition) is 1. The van der Waals surface area contributed by atoms with Gasteiger partial charge in [0.25, 0.3) is 0 Å². The van der Waals surface area contributed by atoms with Crippen molar-refractivity contribution in [3.05, 3.63) is 41.1 Å². The van der Waals surface area contributed by atoms with Crippen molar-refractivity contribution in [2.24, 2.45) is 7.05 Å². The number of nitrogens with zero attached hydrogens (tertiary/aromatic N) is 2. The highest BCUT2D eigenvalue weighted by Gasteiger charge is 2.15. The highest BCUT2D eigenvalue weighted by molar-refractivity contribution is 5.87. The predicted octanol–water partition coefficient (Wildman–Crippen LogP) is 3.47. The molecule has 0 saturated carbocycles. The number of carboxylic acids is 1. The van der Waals surface area contributed by atoms with Gasteiger partial charge in [0.15, 0.2) is 5.69 Å². The van der Waals surface area contributed by atoms with E-state index in [1.807, 2.05) is 0 Å². The van der Waals surface area contributed by atoms with E-state index < -0.39 is 5.97 Å². The largest absolute Gasteiger partial charge is 0.476 e. The van der Waals surface area contributed by atoms with Gasteiger partial charge in [-0.15, -0.1) is 0 Å². The first kappa shape index (κ1) is 14.3. The van der Waals surface area contributed by atoms with Gasteiger partial charge in [-0.2, -0.15) is 5.10 Å². The van der Waals surface area contributed by atoms with Crippen LogP contribution < -0.4 is 0 Å². The summed E-state index contributed by atoms with van der Waals surface area (Å²) >= 11 is 0. The van der Waals surface area contributed by atoms with Gasteiger partial charge in [-0.25, -0.2) is 4.79 Å².